The standard InChI is InChI=1S/2C10H12F2N.2C5H5.Ti/c2*1-2-3-6-13-10-5-4-8(11)7-9(10)12;2*1-2-4-5-3-1;/h2*4-5,13H,2-3,6H2,1H3;2*1-3H,4H2;. The van der Waals surface area contributed by atoms with Crippen LogP contribution in [0.1, 0.15) is 52.4 Å². The summed E-state index contributed by atoms with van der Waals surface area (Å²) in [6, 6.07) is 5.24. The van der Waals surface area contributed by atoms with Crippen molar-refractivity contribution in [2.75, 3.05) is 23.7 Å². The predicted octanol–water partition coefficient (Wildman–Crippen LogP) is 7.46. The summed E-state index contributed by atoms with van der Waals surface area (Å²) in [6.07, 6.45) is 15.3. The van der Waals surface area contributed by atoms with Gasteiger partial charge in [-0.05, 0) is 0 Å². The van der Waals surface area contributed by atoms with Crippen LogP contribution in [0.15, 0.2) is 68.5 Å². The number of nitrogens with one attached hydrogen (secondary N) is 2. The Morgan fingerprint density at radius 1 is 0.676 bits per heavy atom. The SMILES string of the molecule is CCCCNc1ccc(F)[c]([Ti]([C]2=CC=CC2)([C]2=CC=CC2)[c]2c(F)ccc(NCCCC)c2F)c1F. The van der Waals surface area contributed by atoms with Crippen LogP contribution in [0.5, 0.6) is 0 Å². The van der Waals surface area contributed by atoms with Crippen molar-refractivity contribution in [3.8, 4) is 0 Å². The Balaban J connectivity index is 2.04. The Morgan fingerprint density at radius 3 is 1.46 bits per heavy atom. The molecule has 0 radical (unpaired) electrons. The van der Waals surface area contributed by atoms with Crippen LogP contribution in [0.3, 0.4) is 0 Å². The van der Waals surface area contributed by atoms with Crippen molar-refractivity contribution in [3.63, 3.8) is 0 Å². The summed E-state index contributed by atoms with van der Waals surface area (Å²) in [7, 11) is 0. The van der Waals surface area contributed by atoms with E-state index in [2.05, 4.69) is 10.6 Å². The third-order valence-electron chi connectivity index (χ3n) is 7.13. The van der Waals surface area contributed by atoms with E-state index < -0.39 is 39.9 Å². The van der Waals surface area contributed by atoms with Gasteiger partial charge in [0, 0.05) is 0 Å². The molecule has 0 spiro atoms. The van der Waals surface area contributed by atoms with E-state index in [9.17, 15) is 0 Å². The van der Waals surface area contributed by atoms with E-state index in [4.69, 9.17) is 0 Å². The van der Waals surface area contributed by atoms with Crippen molar-refractivity contribution >= 4 is 19.1 Å². The first kappa shape index (κ1) is 27.5. The topological polar surface area (TPSA) is 24.1 Å². The molecule has 2 N–H and O–H groups in total. The fraction of sp³-hybridized carbons (Fsp3) is 0.333. The second-order valence-corrected chi connectivity index (χ2v) is 15.4. The van der Waals surface area contributed by atoms with Gasteiger partial charge < -0.3 is 0 Å². The first-order valence-electron chi connectivity index (χ1n) is 13.1. The van der Waals surface area contributed by atoms with E-state index in [1.54, 1.807) is 0 Å². The Kier molecular flexibility index (Phi) is 9.15. The predicted molar refractivity (Wildman–Crippen MR) is 142 cm³/mol. The second kappa shape index (κ2) is 12.3. The average Bonchev–Trinajstić information content (AvgIpc) is 3.61. The maximum absolute atomic E-state index is 16.4. The van der Waals surface area contributed by atoms with Crippen LogP contribution in [-0.2, 0) is 16.6 Å². The fourth-order valence-corrected chi connectivity index (χ4v) is 13.6. The van der Waals surface area contributed by atoms with Gasteiger partial charge in [0.15, 0.2) is 0 Å². The summed E-state index contributed by atoms with van der Waals surface area (Å²) in [5.74, 6) is -3.02. The summed E-state index contributed by atoms with van der Waals surface area (Å²) >= 11 is -4.77. The van der Waals surface area contributed by atoms with Gasteiger partial charge in [-0.15, -0.1) is 0 Å². The van der Waals surface area contributed by atoms with Crippen LogP contribution in [0.2, 0.25) is 0 Å². The molecule has 0 aromatic heterocycles. The molecule has 0 unspecified atom stereocenters. The van der Waals surface area contributed by atoms with E-state index in [0.717, 1.165) is 25.7 Å². The van der Waals surface area contributed by atoms with Crippen LogP contribution >= 0.6 is 0 Å². The third-order valence-corrected chi connectivity index (χ3v) is 15.1. The van der Waals surface area contributed by atoms with Gasteiger partial charge in [0.25, 0.3) is 0 Å². The number of hydrogen-bond donors (Lipinski definition) is 2. The van der Waals surface area contributed by atoms with Crippen LogP contribution in [-0.4, -0.2) is 13.1 Å². The Labute approximate surface area is 220 Å². The van der Waals surface area contributed by atoms with Crippen LogP contribution < -0.4 is 18.4 Å². The number of rotatable bonds is 12. The van der Waals surface area contributed by atoms with Gasteiger partial charge in [-0.2, -0.15) is 0 Å². The molecule has 0 saturated carbocycles. The molecule has 0 aliphatic heterocycles. The molecule has 0 atom stereocenters. The van der Waals surface area contributed by atoms with E-state index in [1.807, 2.05) is 50.3 Å². The van der Waals surface area contributed by atoms with Crippen LogP contribution in [0.4, 0.5) is 28.9 Å². The summed E-state index contributed by atoms with van der Waals surface area (Å²) in [5, 5.41) is 6.16. The van der Waals surface area contributed by atoms with Gasteiger partial charge in [0.2, 0.25) is 0 Å². The number of anilines is 2. The number of unbranched alkanes of at least 4 members (excludes halogenated alkanes) is 2. The zero-order chi connectivity index (χ0) is 26.4. The van der Waals surface area contributed by atoms with E-state index in [-0.39, 0.29) is 19.1 Å². The Bertz CT molecular complexity index is 1170. The number of halogens is 4. The molecule has 4 rings (SSSR count). The minimum atomic E-state index is -4.77. The normalized spacial score (nSPS) is 14.8. The van der Waals surface area contributed by atoms with Crippen molar-refractivity contribution in [1.29, 1.82) is 0 Å². The molecule has 196 valence electrons. The maximum atomic E-state index is 16.4. The van der Waals surface area contributed by atoms with E-state index in [0.29, 0.717) is 33.7 Å². The molecule has 7 heteroatoms. The van der Waals surface area contributed by atoms with Gasteiger partial charge in [-0.1, -0.05) is 0 Å². The molecular formula is C30H34F4N2Ti. The van der Waals surface area contributed by atoms with Crippen molar-refractivity contribution in [2.45, 2.75) is 52.4 Å². The molecule has 2 aromatic carbocycles. The molecular weight excluding hydrogens is 512 g/mol. The minimum absolute atomic E-state index is 0.163. The van der Waals surface area contributed by atoms with Crippen LogP contribution in [0.25, 0.3) is 0 Å². The van der Waals surface area contributed by atoms with Gasteiger partial charge in [-0.3, -0.25) is 0 Å². The first-order valence-corrected chi connectivity index (χ1v) is 16.3. The van der Waals surface area contributed by atoms with Crippen molar-refractivity contribution in [1.82, 2.24) is 0 Å². The fourth-order valence-electron chi connectivity index (χ4n) is 5.29. The Hall–Kier alpha value is -2.57. The number of allylic oxidation sites excluding steroid dienone is 8. The molecule has 2 nitrogen and oxygen atoms in total. The molecule has 0 saturated heterocycles. The summed E-state index contributed by atoms with van der Waals surface area (Å²) in [4.78, 5) is 0. The second-order valence-electron chi connectivity index (χ2n) is 9.53. The number of benzene rings is 2. The molecule has 37 heavy (non-hydrogen) atoms. The quantitative estimate of drug-likeness (QED) is 0.164. The van der Waals surface area contributed by atoms with E-state index in [1.165, 1.54) is 24.3 Å². The summed E-state index contributed by atoms with van der Waals surface area (Å²) in [5.41, 5.74) is 0.326. The van der Waals surface area contributed by atoms with E-state index >= 15 is 17.6 Å². The van der Waals surface area contributed by atoms with Gasteiger partial charge in [0.05, 0.1) is 0 Å². The molecule has 2 aliphatic rings. The van der Waals surface area contributed by atoms with Crippen LogP contribution in [0, 0.1) is 23.3 Å². The van der Waals surface area contributed by atoms with Gasteiger partial charge >= 0.3 is 221 Å². The average molecular weight is 546 g/mol. The van der Waals surface area contributed by atoms with Crippen molar-refractivity contribution in [2.24, 2.45) is 0 Å². The molecule has 0 heterocycles. The van der Waals surface area contributed by atoms with Crippen molar-refractivity contribution in [3.05, 3.63) is 91.7 Å². The number of hydrogen-bond acceptors (Lipinski definition) is 2. The first-order chi connectivity index (χ1) is 18.0. The van der Waals surface area contributed by atoms with Crippen molar-refractivity contribution < 1.29 is 34.2 Å². The zero-order valence-corrected chi connectivity index (χ0v) is 23.0. The van der Waals surface area contributed by atoms with Gasteiger partial charge in [0.1, 0.15) is 0 Å². The monoisotopic (exact) mass is 546 g/mol. The Morgan fingerprint density at radius 2 is 1.11 bits per heavy atom. The summed E-state index contributed by atoms with van der Waals surface area (Å²) in [6.45, 7) is 5.10. The zero-order valence-electron chi connectivity index (χ0n) is 21.4. The molecule has 2 aromatic rings. The summed E-state index contributed by atoms with van der Waals surface area (Å²) < 4.78 is 65.9. The third kappa shape index (κ3) is 5.24. The molecule has 0 fully saturated rings. The van der Waals surface area contributed by atoms with Gasteiger partial charge in [-0.25, -0.2) is 0 Å². The molecule has 2 aliphatic carbocycles. The molecule has 0 bridgehead atoms. The molecule has 0 amide bonds.